The summed E-state index contributed by atoms with van der Waals surface area (Å²) in [6.07, 6.45) is 2.04. The first-order valence-electron chi connectivity index (χ1n) is 3.31. The van der Waals surface area contributed by atoms with E-state index in [9.17, 15) is 4.79 Å². The maximum atomic E-state index is 9.80. The summed E-state index contributed by atoms with van der Waals surface area (Å²) in [5.74, 6) is 0. The third kappa shape index (κ3) is 2.72. The van der Waals surface area contributed by atoms with Crippen LogP contribution in [0, 0.1) is 0 Å². The van der Waals surface area contributed by atoms with E-state index in [0.717, 1.165) is 5.56 Å². The van der Waals surface area contributed by atoms with Crippen molar-refractivity contribution in [3.8, 4) is 0 Å². The van der Waals surface area contributed by atoms with Gasteiger partial charge < -0.3 is 0 Å². The molecule has 0 bridgehead atoms. The van der Waals surface area contributed by atoms with E-state index >= 15 is 0 Å². The lowest BCUT2D eigenvalue weighted by molar-refractivity contribution is -0.109. The topological polar surface area (TPSA) is 41.5 Å². The van der Waals surface area contributed by atoms with Crippen LogP contribution in [-0.2, 0) is 4.79 Å². The second kappa shape index (κ2) is 4.51. The average Bonchev–Trinajstić information content (AvgIpc) is 2.09. The van der Waals surface area contributed by atoms with Crippen molar-refractivity contribution in [2.45, 2.75) is 0 Å². The van der Waals surface area contributed by atoms with Gasteiger partial charge in [0.2, 0.25) is 6.41 Å². The third-order valence-corrected chi connectivity index (χ3v) is 1.46. The van der Waals surface area contributed by atoms with Crippen LogP contribution >= 0.6 is 11.6 Å². The lowest BCUT2D eigenvalue weighted by atomic mass is 10.2. The number of amides is 1. The van der Waals surface area contributed by atoms with Crippen molar-refractivity contribution in [2.24, 2.45) is 5.10 Å². The minimum absolute atomic E-state index is 0.506. The first-order valence-corrected chi connectivity index (χ1v) is 3.68. The number of nitrogens with one attached hydrogen (secondary N) is 1. The first-order chi connectivity index (χ1) is 5.83. The van der Waals surface area contributed by atoms with Crippen LogP contribution < -0.4 is 5.43 Å². The number of hydrazone groups is 1. The zero-order valence-electron chi connectivity index (χ0n) is 6.20. The molecule has 0 heterocycles. The summed E-state index contributed by atoms with van der Waals surface area (Å²) in [7, 11) is 0. The molecule has 3 nitrogen and oxygen atoms in total. The number of carbonyl (C=O) groups is 1. The molecule has 12 heavy (non-hydrogen) atoms. The van der Waals surface area contributed by atoms with Gasteiger partial charge in [-0.25, -0.2) is 5.43 Å². The summed E-state index contributed by atoms with van der Waals surface area (Å²) < 4.78 is 0. The molecule has 1 aromatic rings. The highest BCUT2D eigenvalue weighted by Gasteiger charge is 1.86. The molecule has 0 fully saturated rings. The van der Waals surface area contributed by atoms with E-state index in [-0.39, 0.29) is 0 Å². The number of benzene rings is 1. The molecular formula is C8H7ClN2O. The van der Waals surface area contributed by atoms with Gasteiger partial charge in [-0.1, -0.05) is 23.7 Å². The number of carbonyl (C=O) groups excluding carboxylic acids is 1. The SMILES string of the molecule is O=CN/N=C\c1ccc(Cl)cc1. The van der Waals surface area contributed by atoms with Gasteiger partial charge in [0.15, 0.2) is 0 Å². The zero-order valence-corrected chi connectivity index (χ0v) is 6.95. The first kappa shape index (κ1) is 8.74. The molecule has 0 atom stereocenters. The lowest BCUT2D eigenvalue weighted by Crippen LogP contribution is -2.00. The van der Waals surface area contributed by atoms with E-state index in [0.29, 0.717) is 11.4 Å². The summed E-state index contributed by atoms with van der Waals surface area (Å²) in [6, 6.07) is 7.12. The van der Waals surface area contributed by atoms with E-state index in [2.05, 4.69) is 10.5 Å². The van der Waals surface area contributed by atoms with Crippen LogP contribution in [0.4, 0.5) is 0 Å². The lowest BCUT2D eigenvalue weighted by Gasteiger charge is -1.91. The normalized spacial score (nSPS) is 10.1. The second-order valence-corrected chi connectivity index (χ2v) is 2.49. The minimum Gasteiger partial charge on any atom is -0.277 e. The average molecular weight is 183 g/mol. The van der Waals surface area contributed by atoms with Gasteiger partial charge in [0.1, 0.15) is 0 Å². The van der Waals surface area contributed by atoms with Crippen molar-refractivity contribution < 1.29 is 4.79 Å². The highest BCUT2D eigenvalue weighted by Crippen LogP contribution is 2.07. The van der Waals surface area contributed by atoms with E-state index < -0.39 is 0 Å². The van der Waals surface area contributed by atoms with Gasteiger partial charge in [-0.05, 0) is 17.7 Å². The fourth-order valence-corrected chi connectivity index (χ4v) is 0.817. The molecule has 0 unspecified atom stereocenters. The van der Waals surface area contributed by atoms with E-state index in [1.807, 2.05) is 0 Å². The molecule has 0 aliphatic rings. The third-order valence-electron chi connectivity index (χ3n) is 1.21. The highest BCUT2D eigenvalue weighted by atomic mass is 35.5. The van der Waals surface area contributed by atoms with Gasteiger partial charge in [-0.3, -0.25) is 4.79 Å². The fraction of sp³-hybridized carbons (Fsp3) is 0. The number of rotatable bonds is 3. The molecule has 62 valence electrons. The van der Waals surface area contributed by atoms with Crippen LogP contribution in [0.25, 0.3) is 0 Å². The molecule has 0 radical (unpaired) electrons. The second-order valence-electron chi connectivity index (χ2n) is 2.06. The van der Waals surface area contributed by atoms with Crippen LogP contribution in [0.15, 0.2) is 29.4 Å². The number of hydrogen-bond acceptors (Lipinski definition) is 2. The van der Waals surface area contributed by atoms with Crippen LogP contribution in [0.1, 0.15) is 5.56 Å². The Kier molecular flexibility index (Phi) is 3.29. The predicted molar refractivity (Wildman–Crippen MR) is 48.2 cm³/mol. The molecule has 1 rings (SSSR count). The van der Waals surface area contributed by atoms with E-state index in [4.69, 9.17) is 11.6 Å². The molecule has 1 amide bonds. The van der Waals surface area contributed by atoms with Crippen molar-refractivity contribution in [2.75, 3.05) is 0 Å². The van der Waals surface area contributed by atoms with E-state index in [1.165, 1.54) is 6.21 Å². The molecule has 0 spiro atoms. The van der Waals surface area contributed by atoms with Gasteiger partial charge in [0.05, 0.1) is 6.21 Å². The van der Waals surface area contributed by atoms with Crippen LogP contribution in [0.3, 0.4) is 0 Å². The van der Waals surface area contributed by atoms with Gasteiger partial charge in [0.25, 0.3) is 0 Å². The molecule has 0 aliphatic carbocycles. The number of nitrogens with zero attached hydrogens (tertiary/aromatic N) is 1. The minimum atomic E-state index is 0.506. The summed E-state index contributed by atoms with van der Waals surface area (Å²) >= 11 is 5.66. The largest absolute Gasteiger partial charge is 0.277 e. The highest BCUT2D eigenvalue weighted by molar-refractivity contribution is 6.30. The van der Waals surface area contributed by atoms with Crippen molar-refractivity contribution in [1.29, 1.82) is 0 Å². The maximum Gasteiger partial charge on any atom is 0.227 e. The Morgan fingerprint density at radius 1 is 1.33 bits per heavy atom. The standard InChI is InChI=1S/C8H7ClN2O/c9-8-3-1-7(2-4-8)5-10-11-6-12/h1-6H,(H,11,12)/b10-5-. The molecule has 4 heteroatoms. The van der Waals surface area contributed by atoms with Gasteiger partial charge in [0, 0.05) is 5.02 Å². The Bertz CT molecular complexity index is 282. The predicted octanol–water partition coefficient (Wildman–Crippen LogP) is 1.42. The Balaban J connectivity index is 2.64. The Labute approximate surface area is 75.0 Å². The Morgan fingerprint density at radius 2 is 2.00 bits per heavy atom. The smallest absolute Gasteiger partial charge is 0.227 e. The van der Waals surface area contributed by atoms with Crippen LogP contribution in [-0.4, -0.2) is 12.6 Å². The van der Waals surface area contributed by atoms with Gasteiger partial charge in [-0.2, -0.15) is 5.10 Å². The zero-order chi connectivity index (χ0) is 8.81. The van der Waals surface area contributed by atoms with Crippen molar-refractivity contribution in [3.63, 3.8) is 0 Å². The molecule has 1 aromatic carbocycles. The van der Waals surface area contributed by atoms with Crippen LogP contribution in [0.5, 0.6) is 0 Å². The van der Waals surface area contributed by atoms with E-state index in [1.54, 1.807) is 24.3 Å². The molecule has 0 aliphatic heterocycles. The summed E-state index contributed by atoms with van der Waals surface area (Å²) in [5.41, 5.74) is 3.05. The molecule has 0 aromatic heterocycles. The number of hydrogen-bond donors (Lipinski definition) is 1. The Morgan fingerprint density at radius 3 is 2.58 bits per heavy atom. The monoisotopic (exact) mass is 182 g/mol. The molecule has 1 N–H and O–H groups in total. The summed E-state index contributed by atoms with van der Waals surface area (Å²) in [6.45, 7) is 0. The summed E-state index contributed by atoms with van der Waals surface area (Å²) in [5, 5.41) is 4.28. The Hall–Kier alpha value is -1.35. The van der Waals surface area contributed by atoms with Crippen molar-refractivity contribution >= 4 is 24.2 Å². The quantitative estimate of drug-likeness (QED) is 0.429. The molecule has 0 saturated carbocycles. The van der Waals surface area contributed by atoms with Crippen LogP contribution in [0.2, 0.25) is 5.02 Å². The molecule has 0 saturated heterocycles. The molecular weight excluding hydrogens is 176 g/mol. The maximum absolute atomic E-state index is 9.80. The van der Waals surface area contributed by atoms with Crippen molar-refractivity contribution in [1.82, 2.24) is 5.43 Å². The van der Waals surface area contributed by atoms with Crippen molar-refractivity contribution in [3.05, 3.63) is 34.9 Å². The number of halogens is 1. The fourth-order valence-electron chi connectivity index (χ4n) is 0.691. The summed E-state index contributed by atoms with van der Waals surface area (Å²) in [4.78, 5) is 9.80. The van der Waals surface area contributed by atoms with Gasteiger partial charge >= 0.3 is 0 Å². The van der Waals surface area contributed by atoms with Gasteiger partial charge in [-0.15, -0.1) is 0 Å².